The Morgan fingerprint density at radius 2 is 1.65 bits per heavy atom. The van der Waals surface area contributed by atoms with Gasteiger partial charge >= 0.3 is 0 Å². The van der Waals surface area contributed by atoms with Crippen LogP contribution in [0.1, 0.15) is 24.5 Å². The SMILES string of the molecule is CCCOc1ccc(-c2csc(NC(=O)C=Cc3ccc(OCc4ccccc4)cc3)n2)cc1. The first-order chi connectivity index (χ1) is 16.7. The van der Waals surface area contributed by atoms with Gasteiger partial charge in [-0.25, -0.2) is 4.98 Å². The lowest BCUT2D eigenvalue weighted by atomic mass is 10.2. The van der Waals surface area contributed by atoms with Crippen molar-refractivity contribution in [2.45, 2.75) is 20.0 Å². The van der Waals surface area contributed by atoms with Crippen LogP contribution in [-0.2, 0) is 11.4 Å². The quantitative estimate of drug-likeness (QED) is 0.258. The Labute approximate surface area is 203 Å². The molecule has 0 aliphatic carbocycles. The number of carbonyl (C=O) groups is 1. The molecule has 34 heavy (non-hydrogen) atoms. The summed E-state index contributed by atoms with van der Waals surface area (Å²) in [6.45, 7) is 3.30. The second kappa shape index (κ2) is 11.8. The molecule has 0 spiro atoms. The van der Waals surface area contributed by atoms with Gasteiger partial charge in [0.1, 0.15) is 18.1 Å². The summed E-state index contributed by atoms with van der Waals surface area (Å²) in [6.07, 6.45) is 4.24. The Kier molecular flexibility index (Phi) is 8.08. The van der Waals surface area contributed by atoms with Gasteiger partial charge in [-0.1, -0.05) is 49.4 Å². The highest BCUT2D eigenvalue weighted by molar-refractivity contribution is 7.14. The van der Waals surface area contributed by atoms with Gasteiger partial charge in [-0.3, -0.25) is 10.1 Å². The minimum atomic E-state index is -0.228. The highest BCUT2D eigenvalue weighted by atomic mass is 32.1. The minimum absolute atomic E-state index is 0.228. The molecule has 0 fully saturated rings. The zero-order valence-corrected chi connectivity index (χ0v) is 19.8. The highest BCUT2D eigenvalue weighted by Crippen LogP contribution is 2.26. The van der Waals surface area contributed by atoms with E-state index in [1.165, 1.54) is 17.4 Å². The number of aromatic nitrogens is 1. The number of hydrogen-bond donors (Lipinski definition) is 1. The van der Waals surface area contributed by atoms with E-state index >= 15 is 0 Å². The largest absolute Gasteiger partial charge is 0.494 e. The standard InChI is InChI=1S/C28H26N2O3S/c1-2-18-32-24-15-11-23(12-16-24)26-20-34-28(29-26)30-27(31)17-10-21-8-13-25(14-9-21)33-19-22-6-4-3-5-7-22/h3-17,20H,2,18-19H2,1H3,(H,29,30,31). The summed E-state index contributed by atoms with van der Waals surface area (Å²) < 4.78 is 11.4. The Morgan fingerprint density at radius 3 is 2.38 bits per heavy atom. The van der Waals surface area contributed by atoms with E-state index in [-0.39, 0.29) is 5.91 Å². The molecule has 1 amide bonds. The molecule has 0 saturated heterocycles. The van der Waals surface area contributed by atoms with Gasteiger partial charge in [0.2, 0.25) is 5.91 Å². The molecule has 0 bridgehead atoms. The fourth-order valence-corrected chi connectivity index (χ4v) is 3.86. The van der Waals surface area contributed by atoms with Crippen LogP contribution in [-0.4, -0.2) is 17.5 Å². The molecule has 0 atom stereocenters. The molecule has 5 nitrogen and oxygen atoms in total. The number of thiazole rings is 1. The van der Waals surface area contributed by atoms with Crippen LogP contribution in [0.2, 0.25) is 0 Å². The lowest BCUT2D eigenvalue weighted by Crippen LogP contribution is -2.07. The number of benzene rings is 3. The smallest absolute Gasteiger partial charge is 0.250 e. The molecule has 0 aliphatic heterocycles. The maximum absolute atomic E-state index is 12.3. The van der Waals surface area contributed by atoms with Crippen molar-refractivity contribution in [1.29, 1.82) is 0 Å². The Hall–Kier alpha value is -3.90. The number of anilines is 1. The molecule has 0 aliphatic rings. The molecule has 4 aromatic rings. The Balaban J connectivity index is 1.28. The number of hydrogen-bond acceptors (Lipinski definition) is 5. The molecule has 1 N–H and O–H groups in total. The van der Waals surface area contributed by atoms with E-state index in [1.807, 2.05) is 84.2 Å². The highest BCUT2D eigenvalue weighted by Gasteiger charge is 2.07. The van der Waals surface area contributed by atoms with Gasteiger partial charge in [0.25, 0.3) is 0 Å². The third-order valence-electron chi connectivity index (χ3n) is 4.91. The lowest BCUT2D eigenvalue weighted by Gasteiger charge is -2.06. The van der Waals surface area contributed by atoms with Crippen molar-refractivity contribution in [1.82, 2.24) is 4.98 Å². The van der Waals surface area contributed by atoms with Crippen LogP contribution < -0.4 is 14.8 Å². The predicted molar refractivity (Wildman–Crippen MR) is 138 cm³/mol. The van der Waals surface area contributed by atoms with E-state index in [2.05, 4.69) is 17.2 Å². The molecular formula is C28H26N2O3S. The summed E-state index contributed by atoms with van der Waals surface area (Å²) in [5, 5.41) is 5.31. The fourth-order valence-electron chi connectivity index (χ4n) is 3.14. The maximum Gasteiger partial charge on any atom is 0.250 e. The van der Waals surface area contributed by atoms with Crippen LogP contribution >= 0.6 is 11.3 Å². The van der Waals surface area contributed by atoms with E-state index in [0.29, 0.717) is 18.3 Å². The molecule has 6 heteroatoms. The molecule has 3 aromatic carbocycles. The molecule has 1 aromatic heterocycles. The summed E-state index contributed by atoms with van der Waals surface area (Å²) in [6, 6.07) is 25.5. The van der Waals surface area contributed by atoms with E-state index < -0.39 is 0 Å². The van der Waals surface area contributed by atoms with Gasteiger partial charge in [-0.15, -0.1) is 11.3 Å². The van der Waals surface area contributed by atoms with Crippen LogP contribution in [0.5, 0.6) is 11.5 Å². The maximum atomic E-state index is 12.3. The van der Waals surface area contributed by atoms with Gasteiger partial charge in [0, 0.05) is 17.0 Å². The molecule has 0 unspecified atom stereocenters. The average molecular weight is 471 g/mol. The summed E-state index contributed by atoms with van der Waals surface area (Å²) in [7, 11) is 0. The molecule has 0 radical (unpaired) electrons. The zero-order chi connectivity index (χ0) is 23.6. The normalized spacial score (nSPS) is 10.9. The number of carbonyl (C=O) groups excluding carboxylic acids is 1. The molecule has 1 heterocycles. The summed E-state index contributed by atoms with van der Waals surface area (Å²) in [5.74, 6) is 1.40. The van der Waals surface area contributed by atoms with E-state index in [9.17, 15) is 4.79 Å². The molecule has 4 rings (SSSR count). The van der Waals surface area contributed by atoms with Crippen LogP contribution in [0.4, 0.5) is 5.13 Å². The van der Waals surface area contributed by atoms with Crippen LogP contribution in [0, 0.1) is 0 Å². The van der Waals surface area contributed by atoms with E-state index in [1.54, 1.807) is 6.08 Å². The monoisotopic (exact) mass is 470 g/mol. The topological polar surface area (TPSA) is 60.5 Å². The van der Waals surface area contributed by atoms with Gasteiger partial charge in [-0.05, 0) is 60.0 Å². The number of ether oxygens (including phenoxy) is 2. The Morgan fingerprint density at radius 1 is 0.941 bits per heavy atom. The summed E-state index contributed by atoms with van der Waals surface area (Å²) in [4.78, 5) is 16.9. The average Bonchev–Trinajstić information content (AvgIpc) is 3.35. The van der Waals surface area contributed by atoms with Gasteiger partial charge in [0.05, 0.1) is 12.3 Å². The third-order valence-corrected chi connectivity index (χ3v) is 5.67. The van der Waals surface area contributed by atoms with Crippen LogP contribution in [0.3, 0.4) is 0 Å². The first-order valence-corrected chi connectivity index (χ1v) is 12.0. The van der Waals surface area contributed by atoms with Crippen molar-refractivity contribution in [2.24, 2.45) is 0 Å². The van der Waals surface area contributed by atoms with E-state index in [0.717, 1.165) is 40.3 Å². The van der Waals surface area contributed by atoms with Crippen LogP contribution in [0.25, 0.3) is 17.3 Å². The number of rotatable bonds is 10. The summed E-state index contributed by atoms with van der Waals surface area (Å²) in [5.41, 5.74) is 3.82. The van der Waals surface area contributed by atoms with E-state index in [4.69, 9.17) is 9.47 Å². The first-order valence-electron chi connectivity index (χ1n) is 11.1. The van der Waals surface area contributed by atoms with Crippen molar-refractivity contribution in [2.75, 3.05) is 11.9 Å². The second-order valence-electron chi connectivity index (χ2n) is 7.58. The van der Waals surface area contributed by atoms with Gasteiger partial charge < -0.3 is 9.47 Å². The Bertz CT molecular complexity index is 1220. The summed E-state index contributed by atoms with van der Waals surface area (Å²) >= 11 is 1.39. The number of amides is 1. The third kappa shape index (κ3) is 6.80. The van der Waals surface area contributed by atoms with Crippen molar-refractivity contribution in [3.63, 3.8) is 0 Å². The molecule has 0 saturated carbocycles. The predicted octanol–water partition coefficient (Wildman–Crippen LogP) is 6.83. The van der Waals surface area contributed by atoms with Crippen molar-refractivity contribution in [3.8, 4) is 22.8 Å². The fraction of sp³-hybridized carbons (Fsp3) is 0.143. The molecular weight excluding hydrogens is 444 g/mol. The minimum Gasteiger partial charge on any atom is -0.494 e. The van der Waals surface area contributed by atoms with Crippen LogP contribution in [0.15, 0.2) is 90.3 Å². The molecule has 172 valence electrons. The second-order valence-corrected chi connectivity index (χ2v) is 8.43. The first kappa shape index (κ1) is 23.3. The van der Waals surface area contributed by atoms with Crippen molar-refractivity contribution < 1.29 is 14.3 Å². The number of nitrogens with zero attached hydrogens (tertiary/aromatic N) is 1. The lowest BCUT2D eigenvalue weighted by molar-refractivity contribution is -0.111. The zero-order valence-electron chi connectivity index (χ0n) is 18.9. The van der Waals surface area contributed by atoms with Crippen molar-refractivity contribution >= 4 is 28.5 Å². The van der Waals surface area contributed by atoms with Crippen molar-refractivity contribution in [3.05, 3.63) is 101 Å². The number of nitrogens with one attached hydrogen (secondary N) is 1. The van der Waals surface area contributed by atoms with Gasteiger partial charge in [0.15, 0.2) is 5.13 Å². The van der Waals surface area contributed by atoms with Gasteiger partial charge in [-0.2, -0.15) is 0 Å².